The molecule has 0 radical (unpaired) electrons. The SMILES string of the molecule is Cc1cc(C(O)C(F)C(=O)O)c(C)s1. The van der Waals surface area contributed by atoms with Crippen LogP contribution in [0.3, 0.4) is 0 Å². The summed E-state index contributed by atoms with van der Waals surface area (Å²) in [6, 6.07) is 1.61. The zero-order chi connectivity index (χ0) is 10.9. The van der Waals surface area contributed by atoms with E-state index in [9.17, 15) is 14.3 Å². The third-order valence-electron chi connectivity index (χ3n) is 1.91. The predicted octanol–water partition coefficient (Wildman–Crippen LogP) is 1.82. The Bertz CT molecular complexity index is 348. The molecule has 1 aromatic heterocycles. The van der Waals surface area contributed by atoms with E-state index >= 15 is 0 Å². The van der Waals surface area contributed by atoms with E-state index in [0.717, 1.165) is 9.75 Å². The summed E-state index contributed by atoms with van der Waals surface area (Å²) in [6.45, 7) is 3.55. The van der Waals surface area contributed by atoms with E-state index in [2.05, 4.69) is 0 Å². The van der Waals surface area contributed by atoms with E-state index in [1.807, 2.05) is 6.92 Å². The number of aliphatic carboxylic acids is 1. The maximum atomic E-state index is 12.9. The first-order valence-electron chi connectivity index (χ1n) is 4.05. The molecular formula is C9H11FO3S. The van der Waals surface area contributed by atoms with Gasteiger partial charge in [0.2, 0.25) is 6.17 Å². The molecule has 0 aliphatic carbocycles. The standard InChI is InChI=1S/C9H11FO3S/c1-4-3-6(5(2)14-4)8(11)7(10)9(12)13/h3,7-8,11H,1-2H3,(H,12,13). The quantitative estimate of drug-likeness (QED) is 0.813. The average molecular weight is 218 g/mol. The fourth-order valence-electron chi connectivity index (χ4n) is 1.24. The van der Waals surface area contributed by atoms with Crippen LogP contribution >= 0.6 is 11.3 Å². The fraction of sp³-hybridized carbons (Fsp3) is 0.444. The molecule has 0 fully saturated rings. The van der Waals surface area contributed by atoms with Gasteiger partial charge >= 0.3 is 5.97 Å². The van der Waals surface area contributed by atoms with Gasteiger partial charge in [0, 0.05) is 9.75 Å². The van der Waals surface area contributed by atoms with Crippen molar-refractivity contribution in [3.8, 4) is 0 Å². The monoisotopic (exact) mass is 218 g/mol. The molecule has 2 N–H and O–H groups in total. The minimum Gasteiger partial charge on any atom is -0.479 e. The normalized spacial score (nSPS) is 15.1. The van der Waals surface area contributed by atoms with Gasteiger partial charge in [-0.15, -0.1) is 11.3 Å². The summed E-state index contributed by atoms with van der Waals surface area (Å²) < 4.78 is 12.9. The molecule has 0 aliphatic heterocycles. The molecule has 0 spiro atoms. The van der Waals surface area contributed by atoms with Gasteiger partial charge in [0.1, 0.15) is 6.10 Å². The first kappa shape index (κ1) is 11.1. The number of thiophene rings is 1. The summed E-state index contributed by atoms with van der Waals surface area (Å²) in [6.07, 6.45) is -3.83. The molecular weight excluding hydrogens is 207 g/mol. The number of rotatable bonds is 3. The third kappa shape index (κ3) is 2.10. The van der Waals surface area contributed by atoms with Crippen LogP contribution in [0.25, 0.3) is 0 Å². The highest BCUT2D eigenvalue weighted by molar-refractivity contribution is 7.12. The van der Waals surface area contributed by atoms with Crippen molar-refractivity contribution in [1.82, 2.24) is 0 Å². The molecule has 0 bridgehead atoms. The van der Waals surface area contributed by atoms with Crippen molar-refractivity contribution in [1.29, 1.82) is 0 Å². The lowest BCUT2D eigenvalue weighted by Crippen LogP contribution is -2.23. The van der Waals surface area contributed by atoms with Crippen molar-refractivity contribution in [3.05, 3.63) is 21.4 Å². The number of alkyl halides is 1. The highest BCUT2D eigenvalue weighted by atomic mass is 32.1. The van der Waals surface area contributed by atoms with Gasteiger partial charge in [0.05, 0.1) is 0 Å². The van der Waals surface area contributed by atoms with Crippen molar-refractivity contribution in [2.75, 3.05) is 0 Å². The van der Waals surface area contributed by atoms with Crippen LogP contribution < -0.4 is 0 Å². The summed E-state index contributed by atoms with van der Waals surface area (Å²) in [5.74, 6) is -1.64. The minimum atomic E-state index is -2.26. The smallest absolute Gasteiger partial charge is 0.341 e. The lowest BCUT2D eigenvalue weighted by molar-refractivity contribution is -0.147. The van der Waals surface area contributed by atoms with Gasteiger partial charge in [0.15, 0.2) is 0 Å². The van der Waals surface area contributed by atoms with Crippen molar-refractivity contribution in [2.45, 2.75) is 26.1 Å². The Morgan fingerprint density at radius 3 is 2.50 bits per heavy atom. The summed E-state index contributed by atoms with van der Waals surface area (Å²) in [5.41, 5.74) is 0.363. The molecule has 2 atom stereocenters. The Balaban J connectivity index is 2.94. The van der Waals surface area contributed by atoms with Gasteiger partial charge < -0.3 is 10.2 Å². The molecule has 1 aromatic rings. The van der Waals surface area contributed by atoms with Crippen LogP contribution in [0.1, 0.15) is 21.4 Å². The Morgan fingerprint density at radius 2 is 2.14 bits per heavy atom. The van der Waals surface area contributed by atoms with Crippen molar-refractivity contribution < 1.29 is 19.4 Å². The molecule has 0 amide bonds. The lowest BCUT2D eigenvalue weighted by Gasteiger charge is -2.11. The van der Waals surface area contributed by atoms with Crippen molar-refractivity contribution in [2.24, 2.45) is 0 Å². The molecule has 14 heavy (non-hydrogen) atoms. The number of aliphatic hydroxyl groups is 1. The number of carbonyl (C=O) groups is 1. The van der Waals surface area contributed by atoms with E-state index in [-0.39, 0.29) is 0 Å². The molecule has 5 heteroatoms. The van der Waals surface area contributed by atoms with Gasteiger partial charge in [-0.05, 0) is 25.5 Å². The van der Waals surface area contributed by atoms with E-state index in [1.54, 1.807) is 13.0 Å². The second kappa shape index (κ2) is 4.06. The van der Waals surface area contributed by atoms with Crippen LogP contribution in [-0.4, -0.2) is 22.4 Å². The second-order valence-electron chi connectivity index (χ2n) is 3.05. The molecule has 0 saturated carbocycles. The number of halogens is 1. The molecule has 3 nitrogen and oxygen atoms in total. The fourth-order valence-corrected chi connectivity index (χ4v) is 2.20. The van der Waals surface area contributed by atoms with Crippen molar-refractivity contribution >= 4 is 17.3 Å². The molecule has 1 rings (SSSR count). The van der Waals surface area contributed by atoms with E-state index in [1.165, 1.54) is 11.3 Å². The van der Waals surface area contributed by atoms with Crippen LogP contribution in [0.2, 0.25) is 0 Å². The number of carboxylic acid groups (broad SMARTS) is 1. The Morgan fingerprint density at radius 1 is 1.57 bits per heavy atom. The summed E-state index contributed by atoms with van der Waals surface area (Å²) in [5, 5.41) is 17.8. The molecule has 0 aliphatic rings. The van der Waals surface area contributed by atoms with Gasteiger partial charge in [0.25, 0.3) is 0 Å². The van der Waals surface area contributed by atoms with Crippen molar-refractivity contribution in [3.63, 3.8) is 0 Å². The number of hydrogen-bond acceptors (Lipinski definition) is 3. The summed E-state index contributed by atoms with van der Waals surface area (Å²) in [4.78, 5) is 12.0. The average Bonchev–Trinajstić information content (AvgIpc) is 2.42. The zero-order valence-corrected chi connectivity index (χ0v) is 8.64. The Hall–Kier alpha value is -0.940. The first-order valence-corrected chi connectivity index (χ1v) is 4.87. The maximum Gasteiger partial charge on any atom is 0.341 e. The van der Waals surface area contributed by atoms with Gasteiger partial charge in [-0.25, -0.2) is 9.18 Å². The zero-order valence-electron chi connectivity index (χ0n) is 7.82. The Kier molecular flexibility index (Phi) is 3.23. The number of aliphatic hydroxyl groups excluding tert-OH is 1. The largest absolute Gasteiger partial charge is 0.479 e. The van der Waals surface area contributed by atoms with E-state index in [0.29, 0.717) is 5.56 Å². The van der Waals surface area contributed by atoms with Gasteiger partial charge in [-0.2, -0.15) is 0 Å². The first-order chi connectivity index (χ1) is 6.43. The topological polar surface area (TPSA) is 57.5 Å². The van der Waals surface area contributed by atoms with Gasteiger partial charge in [-0.3, -0.25) is 0 Å². The third-order valence-corrected chi connectivity index (χ3v) is 2.89. The van der Waals surface area contributed by atoms with Crippen LogP contribution in [0.5, 0.6) is 0 Å². The maximum absolute atomic E-state index is 12.9. The number of carboxylic acids is 1. The molecule has 1 heterocycles. The van der Waals surface area contributed by atoms with E-state index in [4.69, 9.17) is 5.11 Å². The summed E-state index contributed by atoms with van der Waals surface area (Å²) >= 11 is 1.41. The molecule has 0 saturated heterocycles. The van der Waals surface area contributed by atoms with E-state index < -0.39 is 18.2 Å². The van der Waals surface area contributed by atoms with Gasteiger partial charge in [-0.1, -0.05) is 0 Å². The molecule has 2 unspecified atom stereocenters. The second-order valence-corrected chi connectivity index (χ2v) is 4.51. The number of hydrogen-bond donors (Lipinski definition) is 2. The summed E-state index contributed by atoms with van der Waals surface area (Å²) in [7, 11) is 0. The molecule has 0 aromatic carbocycles. The van der Waals surface area contributed by atoms with Crippen LogP contribution in [-0.2, 0) is 4.79 Å². The molecule has 78 valence electrons. The minimum absolute atomic E-state index is 0.363. The lowest BCUT2D eigenvalue weighted by atomic mass is 10.1. The van der Waals surface area contributed by atoms with Crippen LogP contribution in [0, 0.1) is 13.8 Å². The number of aryl methyl sites for hydroxylation is 2. The van der Waals surface area contributed by atoms with Crippen LogP contribution in [0.15, 0.2) is 6.07 Å². The van der Waals surface area contributed by atoms with Crippen LogP contribution in [0.4, 0.5) is 4.39 Å². The predicted molar refractivity (Wildman–Crippen MR) is 51.3 cm³/mol. The highest BCUT2D eigenvalue weighted by Crippen LogP contribution is 2.29. The highest BCUT2D eigenvalue weighted by Gasteiger charge is 2.29. The Labute approximate surface area is 84.8 Å².